The van der Waals surface area contributed by atoms with Crippen LogP contribution in [0.1, 0.15) is 19.4 Å². The molecule has 0 aliphatic carbocycles. The second-order valence-electron chi connectivity index (χ2n) is 3.61. The Morgan fingerprint density at radius 3 is 2.37 bits per heavy atom. The predicted octanol–water partition coefficient (Wildman–Crippen LogP) is 4.44. The van der Waals surface area contributed by atoms with Gasteiger partial charge in [0.05, 0.1) is 20.3 Å². The van der Waals surface area contributed by atoms with Crippen molar-refractivity contribution in [3.63, 3.8) is 0 Å². The number of benzene rings is 1. The average molecular weight is 355 g/mol. The molecule has 0 fully saturated rings. The Morgan fingerprint density at radius 2 is 1.89 bits per heavy atom. The number of hydrogen-bond acceptors (Lipinski definition) is 4. The Kier molecular flexibility index (Phi) is 5.99. The molecule has 1 unspecified atom stereocenters. The third-order valence-corrected chi connectivity index (χ3v) is 6.26. The highest BCUT2D eigenvalue weighted by atomic mass is 79.9. The van der Waals surface area contributed by atoms with Gasteiger partial charge in [-0.25, -0.2) is 4.39 Å². The summed E-state index contributed by atoms with van der Waals surface area (Å²) in [5.41, 5.74) is 0.122. The maximum absolute atomic E-state index is 14.9. The van der Waals surface area contributed by atoms with Gasteiger partial charge in [0, 0.05) is 5.56 Å². The molecule has 0 radical (unpaired) electrons. The highest BCUT2D eigenvalue weighted by Crippen LogP contribution is 2.69. The van der Waals surface area contributed by atoms with E-state index in [4.69, 9.17) is 13.8 Å². The quantitative estimate of drug-likeness (QED) is 0.536. The van der Waals surface area contributed by atoms with Crippen LogP contribution in [-0.2, 0) is 17.9 Å². The molecule has 0 saturated heterocycles. The van der Waals surface area contributed by atoms with Crippen LogP contribution in [0.15, 0.2) is 24.3 Å². The van der Waals surface area contributed by atoms with E-state index in [2.05, 4.69) is 15.9 Å². The van der Waals surface area contributed by atoms with Crippen LogP contribution in [0, 0.1) is 0 Å². The zero-order chi connectivity index (χ0) is 14.5. The SMILES string of the molecule is CCOP(=O)(OCC)C(F)(Br)c1cccc(OC)c1. The number of hydrogen-bond donors (Lipinski definition) is 0. The predicted molar refractivity (Wildman–Crippen MR) is 75.6 cm³/mol. The molecular weight excluding hydrogens is 338 g/mol. The van der Waals surface area contributed by atoms with Gasteiger partial charge in [-0.1, -0.05) is 12.1 Å². The molecule has 7 heteroatoms. The number of rotatable bonds is 7. The topological polar surface area (TPSA) is 44.8 Å². The Morgan fingerprint density at radius 1 is 1.32 bits per heavy atom. The van der Waals surface area contributed by atoms with Crippen LogP contribution >= 0.6 is 23.5 Å². The smallest absolute Gasteiger partial charge is 0.383 e. The van der Waals surface area contributed by atoms with E-state index in [0.717, 1.165) is 0 Å². The van der Waals surface area contributed by atoms with Crippen LogP contribution in [0.4, 0.5) is 4.39 Å². The third-order valence-electron chi connectivity index (χ3n) is 2.36. The van der Waals surface area contributed by atoms with E-state index in [1.165, 1.54) is 19.2 Å². The van der Waals surface area contributed by atoms with Crippen molar-refractivity contribution in [2.24, 2.45) is 0 Å². The first-order valence-corrected chi connectivity index (χ1v) is 8.16. The van der Waals surface area contributed by atoms with E-state index < -0.39 is 11.9 Å². The molecule has 0 aliphatic rings. The normalized spacial score (nSPS) is 15.0. The first-order valence-electron chi connectivity index (χ1n) is 5.82. The molecule has 19 heavy (non-hydrogen) atoms. The molecule has 4 nitrogen and oxygen atoms in total. The summed E-state index contributed by atoms with van der Waals surface area (Å²) in [7, 11) is -2.51. The summed E-state index contributed by atoms with van der Waals surface area (Å²) in [4.78, 5) is 0. The molecule has 1 aromatic rings. The van der Waals surface area contributed by atoms with E-state index in [1.807, 2.05) is 0 Å². The summed E-state index contributed by atoms with van der Waals surface area (Å²) in [6.45, 7) is 3.41. The van der Waals surface area contributed by atoms with Crippen LogP contribution in [0.25, 0.3) is 0 Å². The number of halogens is 2. The van der Waals surface area contributed by atoms with Crippen LogP contribution < -0.4 is 4.74 Å². The van der Waals surface area contributed by atoms with Gasteiger partial charge in [-0.15, -0.1) is 0 Å². The zero-order valence-corrected chi connectivity index (χ0v) is 13.5. The first-order chi connectivity index (χ1) is 8.91. The number of methoxy groups -OCH3 is 1. The van der Waals surface area contributed by atoms with Crippen molar-refractivity contribution in [1.29, 1.82) is 0 Å². The number of ether oxygens (including phenoxy) is 1. The molecule has 0 aromatic heterocycles. The van der Waals surface area contributed by atoms with Gasteiger partial charge in [-0.2, -0.15) is 0 Å². The molecule has 0 N–H and O–H groups in total. The second-order valence-corrected chi connectivity index (χ2v) is 7.44. The lowest BCUT2D eigenvalue weighted by molar-refractivity contribution is 0.182. The standard InChI is InChI=1S/C12H17BrFO4P/c1-4-17-19(15,18-5-2)12(13,14)10-7-6-8-11(9-10)16-3/h6-9H,4-5H2,1-3H3. The van der Waals surface area contributed by atoms with Gasteiger partial charge in [-0.05, 0) is 41.9 Å². The minimum absolute atomic E-state index is 0.0819. The first kappa shape index (κ1) is 16.6. The molecule has 108 valence electrons. The number of alkyl halides is 2. The van der Waals surface area contributed by atoms with Crippen molar-refractivity contribution in [1.82, 2.24) is 0 Å². The maximum Gasteiger partial charge on any atom is 0.383 e. The van der Waals surface area contributed by atoms with Crippen molar-refractivity contribution in [2.75, 3.05) is 20.3 Å². The third kappa shape index (κ3) is 3.57. The van der Waals surface area contributed by atoms with Gasteiger partial charge < -0.3 is 13.8 Å². The minimum Gasteiger partial charge on any atom is -0.497 e. The molecule has 0 bridgehead atoms. The van der Waals surface area contributed by atoms with Gasteiger partial charge in [0.1, 0.15) is 5.75 Å². The fourth-order valence-corrected chi connectivity index (χ4v) is 3.90. The Hall–Kier alpha value is -0.420. The van der Waals surface area contributed by atoms with Crippen molar-refractivity contribution in [3.05, 3.63) is 29.8 Å². The van der Waals surface area contributed by atoms with Crippen molar-refractivity contribution < 1.29 is 22.7 Å². The molecule has 0 saturated carbocycles. The molecule has 0 amide bonds. The lowest BCUT2D eigenvalue weighted by Crippen LogP contribution is -2.16. The Labute approximate surface area is 120 Å². The van der Waals surface area contributed by atoms with E-state index in [1.54, 1.807) is 26.0 Å². The fourth-order valence-electron chi connectivity index (χ4n) is 1.51. The minimum atomic E-state index is -3.98. The molecule has 1 rings (SSSR count). The lowest BCUT2D eigenvalue weighted by atomic mass is 10.2. The molecule has 1 atom stereocenters. The van der Waals surface area contributed by atoms with Crippen LogP contribution in [0.2, 0.25) is 0 Å². The van der Waals surface area contributed by atoms with E-state index >= 15 is 0 Å². The zero-order valence-electron chi connectivity index (χ0n) is 11.1. The van der Waals surface area contributed by atoms with Gasteiger partial charge in [0.2, 0.25) is 0 Å². The molecule has 1 aromatic carbocycles. The second kappa shape index (κ2) is 6.84. The summed E-state index contributed by atoms with van der Waals surface area (Å²) >= 11 is 2.84. The van der Waals surface area contributed by atoms with E-state index in [-0.39, 0.29) is 18.8 Å². The summed E-state index contributed by atoms with van der Waals surface area (Å²) in [5.74, 6) is 0.457. The Balaban J connectivity index is 3.21. The molecular formula is C12H17BrFO4P. The summed E-state index contributed by atoms with van der Waals surface area (Å²) < 4.78 is 40.1. The molecule has 0 spiro atoms. The van der Waals surface area contributed by atoms with Gasteiger partial charge in [0.15, 0.2) is 0 Å². The highest BCUT2D eigenvalue weighted by Gasteiger charge is 2.51. The fraction of sp³-hybridized carbons (Fsp3) is 0.500. The van der Waals surface area contributed by atoms with E-state index in [9.17, 15) is 8.96 Å². The average Bonchev–Trinajstić information content (AvgIpc) is 2.39. The maximum atomic E-state index is 14.9. The molecule has 0 heterocycles. The summed E-state index contributed by atoms with van der Waals surface area (Å²) in [5, 5.41) is 0. The van der Waals surface area contributed by atoms with Gasteiger partial charge in [-0.3, -0.25) is 4.57 Å². The molecule has 0 aliphatic heterocycles. The highest BCUT2D eigenvalue weighted by molar-refractivity contribution is 9.10. The van der Waals surface area contributed by atoms with E-state index in [0.29, 0.717) is 5.75 Å². The van der Waals surface area contributed by atoms with Crippen molar-refractivity contribution in [2.45, 2.75) is 18.2 Å². The van der Waals surface area contributed by atoms with Gasteiger partial charge >= 0.3 is 7.60 Å². The lowest BCUT2D eigenvalue weighted by Gasteiger charge is -2.27. The van der Waals surface area contributed by atoms with Crippen LogP contribution in [0.5, 0.6) is 5.75 Å². The van der Waals surface area contributed by atoms with Gasteiger partial charge in [0.25, 0.3) is 4.32 Å². The Bertz CT molecular complexity index is 457. The summed E-state index contributed by atoms with van der Waals surface area (Å²) in [6, 6.07) is 6.20. The van der Waals surface area contributed by atoms with Crippen LogP contribution in [-0.4, -0.2) is 20.3 Å². The van der Waals surface area contributed by atoms with Crippen LogP contribution in [0.3, 0.4) is 0 Å². The van der Waals surface area contributed by atoms with Crippen molar-refractivity contribution in [3.8, 4) is 5.75 Å². The van der Waals surface area contributed by atoms with Crippen molar-refractivity contribution >= 4 is 23.5 Å². The largest absolute Gasteiger partial charge is 0.497 e. The monoisotopic (exact) mass is 354 g/mol. The summed E-state index contributed by atoms with van der Waals surface area (Å²) in [6.07, 6.45) is 0.